The predicted molar refractivity (Wildman–Crippen MR) is 90.6 cm³/mol. The van der Waals surface area contributed by atoms with Gasteiger partial charge in [0, 0.05) is 17.1 Å². The van der Waals surface area contributed by atoms with Crippen molar-refractivity contribution in [3.05, 3.63) is 40.5 Å². The van der Waals surface area contributed by atoms with Gasteiger partial charge in [0.15, 0.2) is 12.4 Å². The fraction of sp³-hybridized carbons (Fsp3) is 0.471. The standard InChI is InChI=1S/C17H20ClN3O4/c1-11-19-17(25-20-11)14-4-2-3-7-21(14)9-12-8-13(18)5-6-15(12)24-10-16(22)23/h5-6,8,14H,2-4,7,9-10H2,1H3,(H,22,23). The van der Waals surface area contributed by atoms with Crippen LogP contribution >= 0.6 is 11.6 Å². The summed E-state index contributed by atoms with van der Waals surface area (Å²) in [4.78, 5) is 17.4. The van der Waals surface area contributed by atoms with Gasteiger partial charge in [0.2, 0.25) is 5.89 Å². The van der Waals surface area contributed by atoms with Crippen molar-refractivity contribution >= 4 is 17.6 Å². The van der Waals surface area contributed by atoms with Crippen molar-refractivity contribution in [2.75, 3.05) is 13.2 Å². The first-order chi connectivity index (χ1) is 12.0. The maximum atomic E-state index is 10.8. The van der Waals surface area contributed by atoms with E-state index >= 15 is 0 Å². The smallest absolute Gasteiger partial charge is 0.341 e. The third-order valence-electron chi connectivity index (χ3n) is 4.19. The molecule has 8 heteroatoms. The van der Waals surface area contributed by atoms with Gasteiger partial charge >= 0.3 is 5.97 Å². The molecular formula is C17H20ClN3O4. The number of hydrogen-bond acceptors (Lipinski definition) is 6. The second kappa shape index (κ2) is 7.84. The lowest BCUT2D eigenvalue weighted by Gasteiger charge is -2.33. The van der Waals surface area contributed by atoms with E-state index in [1.165, 1.54) is 0 Å². The summed E-state index contributed by atoms with van der Waals surface area (Å²) in [5.74, 6) is 0.747. The lowest BCUT2D eigenvalue weighted by molar-refractivity contribution is -0.139. The molecule has 1 aromatic heterocycles. The molecule has 0 radical (unpaired) electrons. The van der Waals surface area contributed by atoms with Crippen LogP contribution in [0.2, 0.25) is 5.02 Å². The molecule has 2 heterocycles. The molecule has 7 nitrogen and oxygen atoms in total. The van der Waals surface area contributed by atoms with Gasteiger partial charge in [0.1, 0.15) is 5.75 Å². The average Bonchev–Trinajstić information content (AvgIpc) is 3.01. The summed E-state index contributed by atoms with van der Waals surface area (Å²) in [5.41, 5.74) is 0.844. The van der Waals surface area contributed by atoms with Crippen LogP contribution in [0.15, 0.2) is 22.7 Å². The van der Waals surface area contributed by atoms with E-state index in [1.54, 1.807) is 19.1 Å². The minimum atomic E-state index is -1.02. The van der Waals surface area contributed by atoms with Crippen molar-refractivity contribution in [3.8, 4) is 5.75 Å². The number of likely N-dealkylation sites (tertiary alicyclic amines) is 1. The first-order valence-corrected chi connectivity index (χ1v) is 8.58. The Morgan fingerprint density at radius 3 is 3.04 bits per heavy atom. The predicted octanol–water partition coefficient (Wildman–Crippen LogP) is 3.22. The van der Waals surface area contributed by atoms with E-state index in [-0.39, 0.29) is 12.6 Å². The highest BCUT2D eigenvalue weighted by molar-refractivity contribution is 6.30. The van der Waals surface area contributed by atoms with Gasteiger partial charge in [0.25, 0.3) is 0 Å². The van der Waals surface area contributed by atoms with Crippen LogP contribution in [0, 0.1) is 6.92 Å². The molecule has 25 heavy (non-hydrogen) atoms. The summed E-state index contributed by atoms with van der Waals surface area (Å²) in [6.07, 6.45) is 3.11. The van der Waals surface area contributed by atoms with Crippen LogP contribution < -0.4 is 4.74 Å². The molecular weight excluding hydrogens is 346 g/mol. The van der Waals surface area contributed by atoms with Gasteiger partial charge < -0.3 is 14.4 Å². The van der Waals surface area contributed by atoms with Crippen LogP contribution in [0.25, 0.3) is 0 Å². The van der Waals surface area contributed by atoms with Crippen molar-refractivity contribution < 1.29 is 19.2 Å². The van der Waals surface area contributed by atoms with Gasteiger partial charge in [-0.3, -0.25) is 4.90 Å². The average molecular weight is 366 g/mol. The fourth-order valence-electron chi connectivity index (χ4n) is 3.08. The molecule has 1 N–H and O–H groups in total. The van der Waals surface area contributed by atoms with E-state index in [1.807, 2.05) is 6.07 Å². The lowest BCUT2D eigenvalue weighted by Crippen LogP contribution is -2.33. The molecule has 0 saturated carbocycles. The Morgan fingerprint density at radius 2 is 2.32 bits per heavy atom. The van der Waals surface area contributed by atoms with Crippen LogP contribution in [0.3, 0.4) is 0 Å². The van der Waals surface area contributed by atoms with E-state index < -0.39 is 5.97 Å². The normalized spacial score (nSPS) is 18.2. The number of piperidine rings is 1. The molecule has 1 atom stereocenters. The number of hydrogen-bond donors (Lipinski definition) is 1. The summed E-state index contributed by atoms with van der Waals surface area (Å²) in [5, 5.41) is 13.3. The molecule has 0 amide bonds. The zero-order valence-electron chi connectivity index (χ0n) is 13.9. The quantitative estimate of drug-likeness (QED) is 0.840. The summed E-state index contributed by atoms with van der Waals surface area (Å²) < 4.78 is 10.8. The van der Waals surface area contributed by atoms with E-state index in [0.29, 0.717) is 29.0 Å². The van der Waals surface area contributed by atoms with E-state index in [2.05, 4.69) is 15.0 Å². The molecule has 1 aromatic carbocycles. The number of aromatic nitrogens is 2. The summed E-state index contributed by atoms with van der Waals surface area (Å²) in [6, 6.07) is 5.25. The number of halogens is 1. The van der Waals surface area contributed by atoms with Gasteiger partial charge in [-0.05, 0) is 44.5 Å². The molecule has 134 valence electrons. The van der Waals surface area contributed by atoms with Crippen molar-refractivity contribution in [1.29, 1.82) is 0 Å². The number of aliphatic carboxylic acids is 1. The fourth-order valence-corrected chi connectivity index (χ4v) is 3.27. The number of carbonyl (C=O) groups is 1. The molecule has 0 aliphatic carbocycles. The molecule has 0 spiro atoms. The Hall–Kier alpha value is -2.12. The minimum Gasteiger partial charge on any atom is -0.482 e. The molecule has 1 fully saturated rings. The Bertz CT molecular complexity index is 749. The van der Waals surface area contributed by atoms with Crippen LogP contribution in [0.5, 0.6) is 5.75 Å². The van der Waals surface area contributed by atoms with Crippen molar-refractivity contribution in [3.63, 3.8) is 0 Å². The molecule has 1 aliphatic rings. The first kappa shape index (κ1) is 17.7. The number of rotatable bonds is 6. The maximum absolute atomic E-state index is 10.8. The lowest BCUT2D eigenvalue weighted by atomic mass is 10.0. The van der Waals surface area contributed by atoms with Crippen molar-refractivity contribution in [1.82, 2.24) is 15.0 Å². The number of nitrogens with zero attached hydrogens (tertiary/aromatic N) is 3. The third kappa shape index (κ3) is 4.49. The van der Waals surface area contributed by atoms with Gasteiger partial charge in [-0.25, -0.2) is 4.79 Å². The van der Waals surface area contributed by atoms with E-state index in [4.69, 9.17) is 26.0 Å². The summed E-state index contributed by atoms with van der Waals surface area (Å²) in [7, 11) is 0. The molecule has 1 aliphatic heterocycles. The zero-order valence-corrected chi connectivity index (χ0v) is 14.7. The number of aryl methyl sites for hydroxylation is 1. The van der Waals surface area contributed by atoms with Gasteiger partial charge in [-0.15, -0.1) is 0 Å². The Morgan fingerprint density at radius 1 is 1.48 bits per heavy atom. The first-order valence-electron chi connectivity index (χ1n) is 8.20. The molecule has 1 saturated heterocycles. The van der Waals surface area contributed by atoms with Crippen LogP contribution in [-0.4, -0.2) is 39.3 Å². The second-order valence-electron chi connectivity index (χ2n) is 6.10. The van der Waals surface area contributed by atoms with Gasteiger partial charge in [-0.2, -0.15) is 4.98 Å². The highest BCUT2D eigenvalue weighted by atomic mass is 35.5. The highest BCUT2D eigenvalue weighted by Crippen LogP contribution is 2.33. The second-order valence-corrected chi connectivity index (χ2v) is 6.53. The summed E-state index contributed by atoms with van der Waals surface area (Å²) >= 11 is 6.12. The van der Waals surface area contributed by atoms with Crippen molar-refractivity contribution in [2.45, 2.75) is 38.8 Å². The van der Waals surface area contributed by atoms with Crippen LogP contribution in [0.1, 0.15) is 42.6 Å². The molecule has 1 unspecified atom stereocenters. The SMILES string of the molecule is Cc1noc(C2CCCCN2Cc2cc(Cl)ccc2OCC(=O)O)n1. The Kier molecular flexibility index (Phi) is 5.55. The number of ether oxygens (including phenoxy) is 1. The molecule has 2 aromatic rings. The largest absolute Gasteiger partial charge is 0.482 e. The minimum absolute atomic E-state index is 0.0428. The topological polar surface area (TPSA) is 88.7 Å². The molecule has 3 rings (SSSR count). The van der Waals surface area contributed by atoms with E-state index in [0.717, 1.165) is 31.4 Å². The third-order valence-corrected chi connectivity index (χ3v) is 4.42. The Labute approximate surface area is 150 Å². The number of benzene rings is 1. The van der Waals surface area contributed by atoms with Crippen molar-refractivity contribution in [2.24, 2.45) is 0 Å². The van der Waals surface area contributed by atoms with Crippen LogP contribution in [-0.2, 0) is 11.3 Å². The highest BCUT2D eigenvalue weighted by Gasteiger charge is 2.29. The number of carboxylic acid groups (broad SMARTS) is 1. The van der Waals surface area contributed by atoms with Crippen LogP contribution in [0.4, 0.5) is 0 Å². The zero-order chi connectivity index (χ0) is 17.8. The van der Waals surface area contributed by atoms with Gasteiger partial charge in [0.05, 0.1) is 6.04 Å². The summed E-state index contributed by atoms with van der Waals surface area (Å²) in [6.45, 7) is 2.87. The monoisotopic (exact) mass is 365 g/mol. The molecule has 0 bridgehead atoms. The Balaban J connectivity index is 1.81. The van der Waals surface area contributed by atoms with Gasteiger partial charge in [-0.1, -0.05) is 23.2 Å². The maximum Gasteiger partial charge on any atom is 0.341 e. The van der Waals surface area contributed by atoms with E-state index in [9.17, 15) is 4.79 Å². The number of carboxylic acids is 1.